The summed E-state index contributed by atoms with van der Waals surface area (Å²) in [6, 6.07) is 121. The molecule has 0 aliphatic carbocycles. The molecule has 0 atom stereocenters. The van der Waals surface area contributed by atoms with Gasteiger partial charge in [0.15, 0.2) is 0 Å². The first-order chi connectivity index (χ1) is 50.6. The summed E-state index contributed by atoms with van der Waals surface area (Å²) in [5, 5.41) is 20.3. The van der Waals surface area contributed by atoms with Crippen LogP contribution in [0.5, 0.6) is 0 Å². The van der Waals surface area contributed by atoms with Gasteiger partial charge in [0, 0.05) is 65.0 Å². The Morgan fingerprint density at radius 3 is 1.02 bits per heavy atom. The molecule has 18 aromatic rings. The number of aryl methyl sites for hydroxylation is 2. The van der Waals surface area contributed by atoms with E-state index in [-0.39, 0.29) is 40.2 Å². The second-order valence-electron chi connectivity index (χ2n) is 28.8. The summed E-state index contributed by atoms with van der Waals surface area (Å²) in [4.78, 5) is 18.3. The first-order valence-electron chi connectivity index (χ1n) is 35.6. The van der Waals surface area contributed by atoms with Crippen LogP contribution in [0.1, 0.15) is 11.1 Å². The number of fused-ring (bicyclic) bond motifs is 13. The van der Waals surface area contributed by atoms with Crippen LogP contribution < -0.4 is 10.4 Å². The molecule has 2 radical (unpaired) electrons. The fraction of sp³-hybridized carbons (Fsp3) is 0.0816. The van der Waals surface area contributed by atoms with E-state index in [2.05, 4.69) is 329 Å². The summed E-state index contributed by atoms with van der Waals surface area (Å²) in [6.45, 7) is 18.2. The fourth-order valence-corrected chi connectivity index (χ4v) is 15.7. The molecule has 0 fully saturated rings. The van der Waals surface area contributed by atoms with E-state index in [1.165, 1.54) is 130 Å². The maximum Gasteiger partial charge on any atom is 0.0795 e. The standard InChI is InChI=1S/C38H30NSi.C36H28NSi.2C12H10N.2Ir/c1-40(2,3)31-18-21-38(39-25-31)30-17-20-35-34-19-16-29(23-36(34)32-14-7-8-15-33(32)37(35)24-30)28-13-9-12-27(22-28)26-10-5-4-6-11-26;1-38(2,3)29-16-19-36(37-23-29)28-15-18-33-32-17-14-27(26-13-12-24-8-4-5-9-25(24)20-26)21-34(32)30-10-6-7-11-31(30)35(33)22-28;2*1-10-7-8-12(13-9-10)11-5-3-2-4-6-11;;/h4-16,18-25H,1-3H3;4-14,16-23H,1-3H3;2*2-5,7-9H,1H3;;/q4*-1;;. The molecular formula is C98H78Ir2N4Si2-4. The summed E-state index contributed by atoms with van der Waals surface area (Å²) < 4.78 is 0. The minimum atomic E-state index is -1.39. The Bertz CT molecular complexity index is 5980. The van der Waals surface area contributed by atoms with Crippen molar-refractivity contribution in [3.8, 4) is 78.4 Å². The molecule has 0 aliphatic heterocycles. The Morgan fingerprint density at radius 2 is 0.594 bits per heavy atom. The quantitative estimate of drug-likeness (QED) is 0.0821. The summed E-state index contributed by atoms with van der Waals surface area (Å²) in [5.74, 6) is 0. The van der Waals surface area contributed by atoms with E-state index in [9.17, 15) is 0 Å². The van der Waals surface area contributed by atoms with Crippen molar-refractivity contribution < 1.29 is 40.2 Å². The van der Waals surface area contributed by atoms with Gasteiger partial charge in [-0.3, -0.25) is 0 Å². The van der Waals surface area contributed by atoms with Gasteiger partial charge < -0.3 is 19.9 Å². The number of hydrogen-bond acceptors (Lipinski definition) is 4. The summed E-state index contributed by atoms with van der Waals surface area (Å²) in [6.07, 6.45) is 7.87. The molecule has 0 N–H and O–H groups in total. The van der Waals surface area contributed by atoms with Gasteiger partial charge in [0.05, 0.1) is 16.1 Å². The van der Waals surface area contributed by atoms with Crippen LogP contribution >= 0.6 is 0 Å². The van der Waals surface area contributed by atoms with E-state index in [1.807, 2.05) is 86.9 Å². The van der Waals surface area contributed by atoms with E-state index >= 15 is 0 Å². The minimum absolute atomic E-state index is 0. The molecule has 0 bridgehead atoms. The van der Waals surface area contributed by atoms with Crippen molar-refractivity contribution in [2.75, 3.05) is 0 Å². The molecule has 106 heavy (non-hydrogen) atoms. The van der Waals surface area contributed by atoms with Gasteiger partial charge in [0.2, 0.25) is 0 Å². The molecule has 18 rings (SSSR count). The second-order valence-corrected chi connectivity index (χ2v) is 39.0. The van der Waals surface area contributed by atoms with Crippen molar-refractivity contribution in [3.05, 3.63) is 363 Å². The zero-order chi connectivity index (χ0) is 71.3. The molecular weight excluding hydrogens is 1670 g/mol. The third-order valence-corrected chi connectivity index (χ3v) is 23.6. The number of benzene rings is 14. The smallest absolute Gasteiger partial charge is 0.0795 e. The maximum absolute atomic E-state index is 4.84. The fourth-order valence-electron chi connectivity index (χ4n) is 13.7. The predicted molar refractivity (Wildman–Crippen MR) is 448 cm³/mol. The molecule has 0 aliphatic rings. The van der Waals surface area contributed by atoms with Crippen molar-refractivity contribution in [2.45, 2.75) is 53.1 Å². The Kier molecular flexibility index (Phi) is 22.4. The Labute approximate surface area is 651 Å². The molecule has 520 valence electrons. The first kappa shape index (κ1) is 73.5. The average molecular weight is 1750 g/mol. The van der Waals surface area contributed by atoms with Gasteiger partial charge in [-0.15, -0.1) is 119 Å². The molecule has 14 aromatic carbocycles. The molecule has 8 heteroatoms. The molecule has 0 spiro atoms. The zero-order valence-corrected chi connectivity index (χ0v) is 67.4. The maximum atomic E-state index is 4.84. The molecule has 0 saturated heterocycles. The number of pyridine rings is 4. The number of rotatable bonds is 9. The van der Waals surface area contributed by atoms with Crippen molar-refractivity contribution in [3.63, 3.8) is 0 Å². The van der Waals surface area contributed by atoms with Crippen molar-refractivity contribution >= 4 is 102 Å². The Hall–Kier alpha value is -10.8. The zero-order valence-electron chi connectivity index (χ0n) is 60.6. The topological polar surface area (TPSA) is 51.6 Å². The molecule has 0 amide bonds. The predicted octanol–water partition coefficient (Wildman–Crippen LogP) is 25.0. The minimum Gasteiger partial charge on any atom is -0.305 e. The average Bonchev–Trinajstić information content (AvgIpc) is 0.742. The second kappa shape index (κ2) is 32.3. The van der Waals surface area contributed by atoms with Crippen LogP contribution in [-0.4, -0.2) is 36.1 Å². The van der Waals surface area contributed by atoms with Gasteiger partial charge in [0.25, 0.3) is 0 Å². The largest absolute Gasteiger partial charge is 0.305 e. The molecule has 0 saturated carbocycles. The van der Waals surface area contributed by atoms with Crippen LogP contribution in [0.15, 0.2) is 328 Å². The summed E-state index contributed by atoms with van der Waals surface area (Å²) in [5.41, 5.74) is 17.8. The van der Waals surface area contributed by atoms with Gasteiger partial charge in [-0.05, 0) is 159 Å². The number of hydrogen-bond donors (Lipinski definition) is 0. The SMILES string of the molecule is C[Si](C)(C)c1ccc(-c2[c-]cc3c4ccc(-c5ccc6ccccc6c5)cc4c4ccccc4c3c2)nc1.C[Si](C)(C)c1ccc(-c2[c-]cc3c4ccc(-c5cccc(-c6ccccc6)c5)cc4c4ccccc4c3c2)nc1.Cc1ccc(-c2[c-]cccc2)nc1.Cc1ccc(-c2[c-]cccc2)nc1.[Ir].[Ir]. The summed E-state index contributed by atoms with van der Waals surface area (Å²) in [7, 11) is -2.77. The van der Waals surface area contributed by atoms with E-state index in [4.69, 9.17) is 9.97 Å². The van der Waals surface area contributed by atoms with E-state index in [0.717, 1.165) is 45.0 Å². The third-order valence-electron chi connectivity index (χ3n) is 19.5. The van der Waals surface area contributed by atoms with Crippen molar-refractivity contribution in [1.29, 1.82) is 0 Å². The summed E-state index contributed by atoms with van der Waals surface area (Å²) >= 11 is 0. The van der Waals surface area contributed by atoms with Crippen LogP contribution in [0.2, 0.25) is 39.3 Å². The van der Waals surface area contributed by atoms with Gasteiger partial charge >= 0.3 is 0 Å². The number of nitrogens with zero attached hydrogens (tertiary/aromatic N) is 4. The van der Waals surface area contributed by atoms with Crippen molar-refractivity contribution in [1.82, 2.24) is 19.9 Å². The Balaban J connectivity index is 0.000000139. The van der Waals surface area contributed by atoms with Gasteiger partial charge in [-0.1, -0.05) is 278 Å². The molecule has 4 nitrogen and oxygen atoms in total. The van der Waals surface area contributed by atoms with Crippen LogP contribution in [0.4, 0.5) is 0 Å². The third kappa shape index (κ3) is 16.2. The normalized spacial score (nSPS) is 11.2. The van der Waals surface area contributed by atoms with E-state index in [0.29, 0.717) is 0 Å². The van der Waals surface area contributed by atoms with E-state index in [1.54, 1.807) is 0 Å². The van der Waals surface area contributed by atoms with E-state index < -0.39 is 16.1 Å². The van der Waals surface area contributed by atoms with Crippen LogP contribution in [0, 0.1) is 38.1 Å². The van der Waals surface area contributed by atoms with Gasteiger partial charge in [0.1, 0.15) is 0 Å². The van der Waals surface area contributed by atoms with Crippen LogP contribution in [0.3, 0.4) is 0 Å². The number of aromatic nitrogens is 4. The van der Waals surface area contributed by atoms with Crippen molar-refractivity contribution in [2.24, 2.45) is 0 Å². The monoisotopic (exact) mass is 1750 g/mol. The molecule has 0 unspecified atom stereocenters. The first-order valence-corrected chi connectivity index (χ1v) is 42.6. The van der Waals surface area contributed by atoms with Gasteiger partial charge in [-0.25, -0.2) is 0 Å². The Morgan fingerprint density at radius 1 is 0.236 bits per heavy atom. The molecule has 4 heterocycles. The van der Waals surface area contributed by atoms with Gasteiger partial charge in [-0.2, -0.15) is 0 Å². The van der Waals surface area contributed by atoms with Crippen LogP contribution in [-0.2, 0) is 40.2 Å². The van der Waals surface area contributed by atoms with Crippen LogP contribution in [0.25, 0.3) is 154 Å². The molecule has 4 aromatic heterocycles.